The minimum absolute atomic E-state index is 0.00781. The normalized spacial score (nSPS) is 15.0. The molecule has 0 saturated carbocycles. The van der Waals surface area contributed by atoms with Crippen molar-refractivity contribution in [3.05, 3.63) is 56.5 Å². The highest BCUT2D eigenvalue weighted by atomic mass is 35.5. The fourth-order valence-corrected chi connectivity index (χ4v) is 5.16. The van der Waals surface area contributed by atoms with Crippen molar-refractivity contribution < 1.29 is 28.6 Å². The second kappa shape index (κ2) is 15.3. The number of carbonyl (C=O) groups excluding carboxylic acids is 3. The number of hydrogen-bond acceptors (Lipinski definition) is 6. The zero-order chi connectivity index (χ0) is 28.4. The van der Waals surface area contributed by atoms with Crippen LogP contribution in [0, 0.1) is 0 Å². The molecule has 3 rings (SSSR count). The molecule has 212 valence electrons. The zero-order valence-electron chi connectivity index (χ0n) is 22.3. The molecule has 1 aliphatic rings. The Balaban J connectivity index is 1.60. The summed E-state index contributed by atoms with van der Waals surface area (Å²) in [7, 11) is 1.39. The fraction of sp³-hybridized carbons (Fsp3) is 0.483. The molecule has 0 aromatic heterocycles. The maximum Gasteiger partial charge on any atom is 0.422 e. The summed E-state index contributed by atoms with van der Waals surface area (Å²) < 4.78 is 16.1. The lowest BCUT2D eigenvalue weighted by Crippen LogP contribution is -2.30. The van der Waals surface area contributed by atoms with Gasteiger partial charge in [0.2, 0.25) is 6.10 Å². The first-order valence-corrected chi connectivity index (χ1v) is 14.5. The first kappa shape index (κ1) is 31.1. The predicted molar refractivity (Wildman–Crippen MR) is 153 cm³/mol. The van der Waals surface area contributed by atoms with Crippen molar-refractivity contribution in [3.63, 3.8) is 0 Å². The number of amides is 2. The Morgan fingerprint density at radius 2 is 1.51 bits per heavy atom. The van der Waals surface area contributed by atoms with Gasteiger partial charge in [-0.15, -0.1) is 0 Å². The molecule has 1 unspecified atom stereocenters. The van der Waals surface area contributed by atoms with Crippen molar-refractivity contribution in [2.75, 3.05) is 18.6 Å². The van der Waals surface area contributed by atoms with Gasteiger partial charge in [-0.25, -0.2) is 14.5 Å². The maximum absolute atomic E-state index is 13.3. The lowest BCUT2D eigenvalue weighted by Gasteiger charge is -2.17. The summed E-state index contributed by atoms with van der Waals surface area (Å²) in [5, 5.41) is 0.283. The molecule has 39 heavy (non-hydrogen) atoms. The van der Waals surface area contributed by atoms with Crippen LogP contribution in [0.3, 0.4) is 0 Å². The molecule has 0 spiro atoms. The molecule has 10 heteroatoms. The van der Waals surface area contributed by atoms with Crippen molar-refractivity contribution in [1.29, 1.82) is 0 Å². The van der Waals surface area contributed by atoms with Crippen molar-refractivity contribution in [2.45, 2.75) is 77.2 Å². The Bertz CT molecular complexity index is 1170. The van der Waals surface area contributed by atoms with Gasteiger partial charge in [0.05, 0.1) is 35.0 Å². The number of imide groups is 1. The molecule has 1 aliphatic heterocycles. The highest BCUT2D eigenvalue weighted by Crippen LogP contribution is 2.43. The number of unbranched alkanes of at least 4 members (excludes halogenated alkanes) is 9. The van der Waals surface area contributed by atoms with Gasteiger partial charge in [-0.2, -0.15) is 0 Å². The number of anilines is 1. The molecule has 0 bridgehead atoms. The van der Waals surface area contributed by atoms with Crippen molar-refractivity contribution in [2.24, 2.45) is 0 Å². The van der Waals surface area contributed by atoms with Gasteiger partial charge >= 0.3 is 12.1 Å². The van der Waals surface area contributed by atoms with Crippen molar-refractivity contribution in [3.8, 4) is 5.75 Å². The number of esters is 1. The van der Waals surface area contributed by atoms with Gasteiger partial charge in [0.15, 0.2) is 0 Å². The van der Waals surface area contributed by atoms with Crippen LogP contribution in [0.1, 0.15) is 93.2 Å². The second-order valence-electron chi connectivity index (χ2n) is 9.40. The number of benzene rings is 2. The Kier molecular flexibility index (Phi) is 12.2. The van der Waals surface area contributed by atoms with E-state index < -0.39 is 24.1 Å². The van der Waals surface area contributed by atoms with Crippen LogP contribution in [0.4, 0.5) is 10.5 Å². The molecule has 1 saturated heterocycles. The standard InChI is InChI=1S/C29H34Cl3NO6/c1-3-4-5-6-7-8-9-10-11-12-17-38-28(35)19-13-16-23(37-2)22(18-19)33-27(34)26(39-29(33)36)24-20(30)14-15-21(31)25(24)32/h13-16,18,26H,3-12,17H2,1-2H3. The van der Waals surface area contributed by atoms with E-state index in [1.807, 2.05) is 0 Å². The van der Waals surface area contributed by atoms with Gasteiger partial charge in [-0.05, 0) is 36.8 Å². The maximum atomic E-state index is 13.3. The van der Waals surface area contributed by atoms with E-state index in [1.165, 1.54) is 82.4 Å². The summed E-state index contributed by atoms with van der Waals surface area (Å²) in [6, 6.07) is 7.29. The van der Waals surface area contributed by atoms with Gasteiger partial charge in [0.25, 0.3) is 5.91 Å². The van der Waals surface area contributed by atoms with Gasteiger partial charge in [0.1, 0.15) is 5.75 Å². The average Bonchev–Trinajstić information content (AvgIpc) is 3.22. The highest BCUT2D eigenvalue weighted by Gasteiger charge is 2.46. The number of nitrogens with zero attached hydrogens (tertiary/aromatic N) is 1. The number of hydrogen-bond donors (Lipinski definition) is 0. The first-order valence-electron chi connectivity index (χ1n) is 13.3. The van der Waals surface area contributed by atoms with E-state index in [2.05, 4.69) is 6.92 Å². The quantitative estimate of drug-likeness (QED) is 0.116. The Morgan fingerprint density at radius 3 is 2.15 bits per heavy atom. The zero-order valence-corrected chi connectivity index (χ0v) is 24.5. The monoisotopic (exact) mass is 597 g/mol. The molecule has 0 aliphatic carbocycles. The molecular formula is C29H34Cl3NO6. The smallest absolute Gasteiger partial charge is 0.422 e. The number of ether oxygens (including phenoxy) is 3. The van der Waals surface area contributed by atoms with E-state index in [1.54, 1.807) is 0 Å². The summed E-state index contributed by atoms with van der Waals surface area (Å²) >= 11 is 18.6. The lowest BCUT2D eigenvalue weighted by molar-refractivity contribution is -0.122. The van der Waals surface area contributed by atoms with E-state index >= 15 is 0 Å². The second-order valence-corrected chi connectivity index (χ2v) is 10.6. The predicted octanol–water partition coefficient (Wildman–Crippen LogP) is 8.96. The molecular weight excluding hydrogens is 565 g/mol. The van der Waals surface area contributed by atoms with Crippen LogP contribution in [0.2, 0.25) is 15.1 Å². The van der Waals surface area contributed by atoms with Crippen LogP contribution >= 0.6 is 34.8 Å². The summed E-state index contributed by atoms with van der Waals surface area (Å²) in [4.78, 5) is 39.6. The highest BCUT2D eigenvalue weighted by molar-refractivity contribution is 6.44. The van der Waals surface area contributed by atoms with E-state index in [0.29, 0.717) is 0 Å². The van der Waals surface area contributed by atoms with Crippen LogP contribution < -0.4 is 9.64 Å². The van der Waals surface area contributed by atoms with Gasteiger partial charge < -0.3 is 14.2 Å². The van der Waals surface area contributed by atoms with Crippen molar-refractivity contribution in [1.82, 2.24) is 0 Å². The van der Waals surface area contributed by atoms with Gasteiger partial charge in [-0.1, -0.05) is 99.5 Å². The molecule has 0 N–H and O–H groups in total. The third kappa shape index (κ3) is 8.03. The van der Waals surface area contributed by atoms with Gasteiger partial charge in [-0.3, -0.25) is 4.79 Å². The van der Waals surface area contributed by atoms with Crippen LogP contribution in [-0.4, -0.2) is 31.7 Å². The van der Waals surface area contributed by atoms with E-state index in [4.69, 9.17) is 49.0 Å². The summed E-state index contributed by atoms with van der Waals surface area (Å²) in [5.41, 5.74) is 0.288. The van der Waals surface area contributed by atoms with Crippen LogP contribution in [0.25, 0.3) is 0 Å². The largest absolute Gasteiger partial charge is 0.495 e. The SMILES string of the molecule is CCCCCCCCCCCCOC(=O)c1ccc(OC)c(N2C(=O)OC(c3c(Cl)ccc(Cl)c3Cl)C2=O)c1. The average molecular weight is 599 g/mol. The Morgan fingerprint density at radius 1 is 0.897 bits per heavy atom. The van der Waals surface area contributed by atoms with Gasteiger partial charge in [0, 0.05) is 10.6 Å². The van der Waals surface area contributed by atoms with Crippen LogP contribution in [0.5, 0.6) is 5.75 Å². The fourth-order valence-electron chi connectivity index (χ4n) is 4.42. The number of carbonyl (C=O) groups is 3. The number of cyclic esters (lactones) is 1. The summed E-state index contributed by atoms with van der Waals surface area (Å²) in [6.07, 6.45) is 9.39. The van der Waals surface area contributed by atoms with E-state index in [9.17, 15) is 14.4 Å². The molecule has 7 nitrogen and oxygen atoms in total. The van der Waals surface area contributed by atoms with E-state index in [0.717, 1.165) is 24.2 Å². The van der Waals surface area contributed by atoms with E-state index in [-0.39, 0.29) is 44.2 Å². The molecule has 2 aromatic rings. The Hall–Kier alpha value is -2.48. The minimum atomic E-state index is -1.41. The molecule has 0 radical (unpaired) electrons. The molecule has 2 amide bonds. The van der Waals surface area contributed by atoms with Crippen molar-refractivity contribution >= 4 is 58.5 Å². The third-order valence-electron chi connectivity index (χ3n) is 6.57. The minimum Gasteiger partial charge on any atom is -0.495 e. The number of methoxy groups -OCH3 is 1. The number of halogens is 3. The first-order chi connectivity index (χ1) is 18.8. The molecule has 2 aromatic carbocycles. The van der Waals surface area contributed by atoms with Crippen LogP contribution in [-0.2, 0) is 14.3 Å². The topological polar surface area (TPSA) is 82.1 Å². The molecule has 1 fully saturated rings. The third-order valence-corrected chi connectivity index (χ3v) is 7.72. The summed E-state index contributed by atoms with van der Waals surface area (Å²) in [5.74, 6) is -1.12. The summed E-state index contributed by atoms with van der Waals surface area (Å²) in [6.45, 7) is 2.51. The Labute approximate surface area is 244 Å². The molecule has 1 heterocycles. The molecule has 1 atom stereocenters. The lowest BCUT2D eigenvalue weighted by atomic mass is 10.1. The number of rotatable bonds is 15. The van der Waals surface area contributed by atoms with Crippen LogP contribution in [0.15, 0.2) is 30.3 Å².